The molecule has 1 aliphatic carbocycles. The molecule has 0 saturated heterocycles. The highest BCUT2D eigenvalue weighted by Crippen LogP contribution is 2.36. The minimum absolute atomic E-state index is 0.562. The van der Waals surface area contributed by atoms with E-state index in [4.69, 9.17) is 11.6 Å². The molecule has 1 aromatic heterocycles. The van der Waals surface area contributed by atoms with Crippen LogP contribution in [0.4, 0.5) is 5.69 Å². The van der Waals surface area contributed by atoms with Gasteiger partial charge in [-0.2, -0.15) is 0 Å². The maximum absolute atomic E-state index is 6.03. The average molecular weight is 211 g/mol. The van der Waals surface area contributed by atoms with Crippen molar-refractivity contribution in [1.82, 2.24) is 4.98 Å². The first-order valence-electron chi connectivity index (χ1n) is 5.04. The van der Waals surface area contributed by atoms with Gasteiger partial charge in [-0.15, -0.1) is 0 Å². The molecule has 3 unspecified atom stereocenters. The molecule has 2 nitrogen and oxygen atoms in total. The summed E-state index contributed by atoms with van der Waals surface area (Å²) in [5.74, 6) is 1.55. The first-order valence-corrected chi connectivity index (χ1v) is 5.42. The van der Waals surface area contributed by atoms with Crippen LogP contribution in [0.1, 0.15) is 20.3 Å². The van der Waals surface area contributed by atoms with Gasteiger partial charge in [0.15, 0.2) is 0 Å². The Bertz CT molecular complexity index is 327. The number of nitrogens with zero attached hydrogens (tertiary/aromatic N) is 1. The Hall–Kier alpha value is -0.760. The number of hydrogen-bond donors (Lipinski definition) is 1. The first-order chi connectivity index (χ1) is 6.68. The minimum Gasteiger partial charge on any atom is -0.380 e. The van der Waals surface area contributed by atoms with Crippen molar-refractivity contribution in [2.75, 3.05) is 5.32 Å². The Labute approximate surface area is 89.7 Å². The molecule has 0 bridgehead atoms. The van der Waals surface area contributed by atoms with E-state index < -0.39 is 0 Å². The van der Waals surface area contributed by atoms with Gasteiger partial charge in [-0.05, 0) is 24.3 Å². The van der Waals surface area contributed by atoms with Gasteiger partial charge in [-0.25, -0.2) is 0 Å². The quantitative estimate of drug-likeness (QED) is 0.811. The Morgan fingerprint density at radius 1 is 1.50 bits per heavy atom. The number of pyridine rings is 1. The van der Waals surface area contributed by atoms with Crippen LogP contribution in [0.5, 0.6) is 0 Å². The molecule has 1 N–H and O–H groups in total. The molecule has 1 heterocycles. The second kappa shape index (κ2) is 3.77. The normalized spacial score (nSPS) is 30.9. The van der Waals surface area contributed by atoms with Crippen LogP contribution in [-0.2, 0) is 0 Å². The van der Waals surface area contributed by atoms with Crippen molar-refractivity contribution in [3.8, 4) is 0 Å². The van der Waals surface area contributed by atoms with Gasteiger partial charge in [0.05, 0.1) is 16.9 Å². The van der Waals surface area contributed by atoms with E-state index in [9.17, 15) is 0 Å². The zero-order valence-electron chi connectivity index (χ0n) is 8.50. The van der Waals surface area contributed by atoms with E-state index in [-0.39, 0.29) is 0 Å². The number of hydrogen-bond acceptors (Lipinski definition) is 2. The van der Waals surface area contributed by atoms with Crippen LogP contribution in [0, 0.1) is 11.8 Å². The van der Waals surface area contributed by atoms with Gasteiger partial charge in [0.1, 0.15) is 0 Å². The molecule has 1 fully saturated rings. The van der Waals surface area contributed by atoms with E-state index in [1.54, 1.807) is 12.4 Å². The molecular formula is C11H15ClN2. The maximum atomic E-state index is 6.03. The fourth-order valence-corrected chi connectivity index (χ4v) is 2.06. The van der Waals surface area contributed by atoms with Crippen LogP contribution in [-0.4, -0.2) is 11.0 Å². The van der Waals surface area contributed by atoms with Crippen molar-refractivity contribution in [3.05, 3.63) is 23.5 Å². The van der Waals surface area contributed by atoms with Gasteiger partial charge in [0.25, 0.3) is 0 Å². The molecule has 0 amide bonds. The van der Waals surface area contributed by atoms with Crippen molar-refractivity contribution in [1.29, 1.82) is 0 Å². The first kappa shape index (κ1) is 9.78. The predicted molar refractivity (Wildman–Crippen MR) is 59.6 cm³/mol. The number of aromatic nitrogens is 1. The molecule has 14 heavy (non-hydrogen) atoms. The number of halogens is 1. The van der Waals surface area contributed by atoms with E-state index in [1.165, 1.54) is 6.42 Å². The molecule has 1 aliphatic rings. The number of anilines is 1. The van der Waals surface area contributed by atoms with Crippen molar-refractivity contribution in [2.45, 2.75) is 26.3 Å². The van der Waals surface area contributed by atoms with E-state index in [0.717, 1.165) is 22.5 Å². The maximum Gasteiger partial charge on any atom is 0.0718 e. The van der Waals surface area contributed by atoms with Crippen LogP contribution in [0.3, 0.4) is 0 Å². The van der Waals surface area contributed by atoms with Gasteiger partial charge >= 0.3 is 0 Å². The Morgan fingerprint density at radius 3 is 2.86 bits per heavy atom. The average Bonchev–Trinajstić information content (AvgIpc) is 2.20. The lowest BCUT2D eigenvalue weighted by Crippen LogP contribution is -2.43. The van der Waals surface area contributed by atoms with Gasteiger partial charge in [0.2, 0.25) is 0 Å². The summed E-state index contributed by atoms with van der Waals surface area (Å²) in [6, 6.07) is 2.38. The molecular weight excluding hydrogens is 196 g/mol. The van der Waals surface area contributed by atoms with Crippen LogP contribution >= 0.6 is 11.6 Å². The van der Waals surface area contributed by atoms with E-state index in [1.807, 2.05) is 6.07 Å². The lowest BCUT2D eigenvalue weighted by molar-refractivity contribution is 0.189. The lowest BCUT2D eigenvalue weighted by atomic mass is 9.71. The largest absolute Gasteiger partial charge is 0.380 e. The highest BCUT2D eigenvalue weighted by Gasteiger charge is 2.34. The summed E-state index contributed by atoms with van der Waals surface area (Å²) in [5.41, 5.74) is 0.956. The van der Waals surface area contributed by atoms with Crippen molar-refractivity contribution in [2.24, 2.45) is 11.8 Å². The van der Waals surface area contributed by atoms with Gasteiger partial charge in [-0.1, -0.05) is 25.4 Å². The van der Waals surface area contributed by atoms with Crippen LogP contribution < -0.4 is 5.32 Å². The molecule has 0 aliphatic heterocycles. The lowest BCUT2D eigenvalue weighted by Gasteiger charge is -2.41. The van der Waals surface area contributed by atoms with Crippen molar-refractivity contribution in [3.63, 3.8) is 0 Å². The smallest absolute Gasteiger partial charge is 0.0718 e. The standard InChI is InChI=1S/C11H15ClN2/c1-7-5-10(8(7)2)14-11-6-13-4-3-9(11)12/h3-4,6-8,10,14H,5H2,1-2H3. The molecule has 1 aromatic rings. The SMILES string of the molecule is CC1CC(Nc2cnccc2Cl)C1C. The summed E-state index contributed by atoms with van der Waals surface area (Å²) in [6.07, 6.45) is 4.73. The van der Waals surface area contributed by atoms with E-state index in [2.05, 4.69) is 24.1 Å². The summed E-state index contributed by atoms with van der Waals surface area (Å²) >= 11 is 6.03. The zero-order chi connectivity index (χ0) is 10.1. The van der Waals surface area contributed by atoms with E-state index >= 15 is 0 Å². The summed E-state index contributed by atoms with van der Waals surface area (Å²) in [5, 5.41) is 4.19. The van der Waals surface area contributed by atoms with E-state index in [0.29, 0.717) is 6.04 Å². The summed E-state index contributed by atoms with van der Waals surface area (Å²) < 4.78 is 0. The fraction of sp³-hybridized carbons (Fsp3) is 0.545. The highest BCUT2D eigenvalue weighted by molar-refractivity contribution is 6.33. The number of rotatable bonds is 2. The predicted octanol–water partition coefficient (Wildman–Crippen LogP) is 3.19. The zero-order valence-corrected chi connectivity index (χ0v) is 9.25. The molecule has 76 valence electrons. The van der Waals surface area contributed by atoms with Crippen LogP contribution in [0.2, 0.25) is 5.02 Å². The van der Waals surface area contributed by atoms with Gasteiger partial charge in [-0.3, -0.25) is 4.98 Å². The minimum atomic E-state index is 0.562. The van der Waals surface area contributed by atoms with Crippen molar-refractivity contribution < 1.29 is 0 Å². The third-order valence-electron chi connectivity index (χ3n) is 3.27. The Kier molecular flexibility index (Phi) is 2.64. The van der Waals surface area contributed by atoms with Gasteiger partial charge in [0, 0.05) is 12.2 Å². The third-order valence-corrected chi connectivity index (χ3v) is 3.60. The monoisotopic (exact) mass is 210 g/mol. The second-order valence-corrected chi connectivity index (χ2v) is 4.59. The Balaban J connectivity index is 2.02. The summed E-state index contributed by atoms with van der Waals surface area (Å²) in [4.78, 5) is 4.05. The summed E-state index contributed by atoms with van der Waals surface area (Å²) in [7, 11) is 0. The highest BCUT2D eigenvalue weighted by atomic mass is 35.5. The summed E-state index contributed by atoms with van der Waals surface area (Å²) in [6.45, 7) is 4.56. The molecule has 0 aromatic carbocycles. The topological polar surface area (TPSA) is 24.9 Å². The fourth-order valence-electron chi connectivity index (χ4n) is 1.90. The molecule has 3 heteroatoms. The molecule has 0 spiro atoms. The Morgan fingerprint density at radius 2 is 2.29 bits per heavy atom. The third kappa shape index (κ3) is 1.71. The van der Waals surface area contributed by atoms with Crippen molar-refractivity contribution >= 4 is 17.3 Å². The molecule has 0 radical (unpaired) electrons. The second-order valence-electron chi connectivity index (χ2n) is 4.18. The molecule has 3 atom stereocenters. The van der Waals surface area contributed by atoms with Crippen LogP contribution in [0.25, 0.3) is 0 Å². The molecule has 2 rings (SSSR count). The molecule has 1 saturated carbocycles. The van der Waals surface area contributed by atoms with Crippen LogP contribution in [0.15, 0.2) is 18.5 Å². The van der Waals surface area contributed by atoms with Gasteiger partial charge < -0.3 is 5.32 Å². The number of nitrogens with one attached hydrogen (secondary N) is 1.